The second kappa shape index (κ2) is 13.2. The van der Waals surface area contributed by atoms with Crippen LogP contribution in [0.25, 0.3) is 0 Å². The van der Waals surface area contributed by atoms with Gasteiger partial charge in [-0.05, 0) is 110 Å². The number of carbonyl (C=O) groups excluding carboxylic acids is 4. The lowest BCUT2D eigenvalue weighted by Gasteiger charge is -2.54. The van der Waals surface area contributed by atoms with E-state index < -0.39 is 35.0 Å². The van der Waals surface area contributed by atoms with Gasteiger partial charge in [-0.1, -0.05) is 30.7 Å². The van der Waals surface area contributed by atoms with Crippen molar-refractivity contribution >= 4 is 46.1 Å². The number of fused-ring (bicyclic) bond motifs is 4. The molecular weight excluding hydrogens is 644 g/mol. The molecule has 10 heteroatoms. The van der Waals surface area contributed by atoms with E-state index in [1.54, 1.807) is 50.2 Å². The van der Waals surface area contributed by atoms with Crippen molar-refractivity contribution in [1.29, 1.82) is 0 Å². The Labute approximate surface area is 297 Å². The van der Waals surface area contributed by atoms with Gasteiger partial charge in [0.2, 0.25) is 11.8 Å². The highest BCUT2D eigenvalue weighted by molar-refractivity contribution is 6.22. The number of aliphatic hydroxyl groups excluding tert-OH is 1. The Balaban J connectivity index is 1.20. The number of allylic oxidation sites excluding steroid dienone is 4. The molecule has 7 rings (SSSR count). The number of imide groups is 1. The highest BCUT2D eigenvalue weighted by atomic mass is 16.5. The first-order chi connectivity index (χ1) is 24.4. The summed E-state index contributed by atoms with van der Waals surface area (Å²) < 4.78 is 5.60. The van der Waals surface area contributed by atoms with Gasteiger partial charge >= 0.3 is 0 Å². The maximum atomic E-state index is 14.4. The molecular formula is C41H42N4O6. The van der Waals surface area contributed by atoms with Gasteiger partial charge in [-0.15, -0.1) is 0 Å². The Hall–Kier alpha value is -5.22. The summed E-state index contributed by atoms with van der Waals surface area (Å²) >= 11 is 0. The number of benzene rings is 3. The summed E-state index contributed by atoms with van der Waals surface area (Å²) in [5, 5.41) is 17.9. The van der Waals surface area contributed by atoms with Crippen LogP contribution < -0.4 is 14.5 Å². The molecule has 3 aliphatic carbocycles. The Morgan fingerprint density at radius 1 is 0.843 bits per heavy atom. The van der Waals surface area contributed by atoms with Gasteiger partial charge in [0.25, 0.3) is 0 Å². The molecule has 1 saturated carbocycles. The van der Waals surface area contributed by atoms with Crippen molar-refractivity contribution in [3.63, 3.8) is 0 Å². The second-order valence-corrected chi connectivity index (χ2v) is 14.4. The number of aliphatic hydroxyl groups is 1. The van der Waals surface area contributed by atoms with E-state index in [1.807, 2.05) is 62.3 Å². The van der Waals surface area contributed by atoms with E-state index in [4.69, 9.17) is 4.74 Å². The molecule has 1 saturated heterocycles. The van der Waals surface area contributed by atoms with Gasteiger partial charge < -0.3 is 14.7 Å². The zero-order valence-corrected chi connectivity index (χ0v) is 29.5. The summed E-state index contributed by atoms with van der Waals surface area (Å²) in [5.41, 5.74) is 4.45. The van der Waals surface area contributed by atoms with Gasteiger partial charge in [-0.2, -0.15) is 10.2 Å². The van der Waals surface area contributed by atoms with Gasteiger partial charge in [0, 0.05) is 31.6 Å². The van der Waals surface area contributed by atoms with Crippen molar-refractivity contribution in [2.75, 3.05) is 37.1 Å². The Morgan fingerprint density at radius 2 is 1.47 bits per heavy atom. The molecule has 1 heterocycles. The zero-order valence-electron chi connectivity index (χ0n) is 29.5. The molecule has 10 nitrogen and oxygen atoms in total. The van der Waals surface area contributed by atoms with E-state index in [0.29, 0.717) is 46.8 Å². The Bertz CT molecular complexity index is 2000. The predicted molar refractivity (Wildman–Crippen MR) is 193 cm³/mol. The van der Waals surface area contributed by atoms with Crippen molar-refractivity contribution in [2.24, 2.45) is 39.3 Å². The van der Waals surface area contributed by atoms with E-state index in [1.165, 1.54) is 4.90 Å². The molecule has 51 heavy (non-hydrogen) atoms. The zero-order chi connectivity index (χ0) is 36.2. The number of anilines is 2. The fourth-order valence-electron chi connectivity index (χ4n) is 8.74. The van der Waals surface area contributed by atoms with Crippen molar-refractivity contribution < 1.29 is 29.0 Å². The van der Waals surface area contributed by atoms with Crippen LogP contribution in [0.5, 0.6) is 5.75 Å². The lowest BCUT2D eigenvalue weighted by Crippen LogP contribution is -2.55. The van der Waals surface area contributed by atoms with Crippen LogP contribution in [-0.4, -0.2) is 55.8 Å². The normalized spacial score (nSPS) is 27.4. The predicted octanol–water partition coefficient (Wildman–Crippen LogP) is 6.89. The van der Waals surface area contributed by atoms with Crippen LogP contribution in [0.15, 0.2) is 106 Å². The summed E-state index contributed by atoms with van der Waals surface area (Å²) in [6.45, 7) is 5.37. The molecule has 3 aromatic carbocycles. The minimum atomic E-state index is -1.06. The average Bonchev–Trinajstić information content (AvgIpc) is 3.40. The van der Waals surface area contributed by atoms with Gasteiger partial charge in [0.1, 0.15) is 12.4 Å². The number of nitrogens with zero attached hydrogens (tertiary/aromatic N) is 4. The summed E-state index contributed by atoms with van der Waals surface area (Å²) in [6, 6.07) is 22.0. The fraction of sp³-hybridized carbons (Fsp3) is 0.366. The maximum absolute atomic E-state index is 14.4. The molecule has 0 spiro atoms. The third-order valence-corrected chi connectivity index (χ3v) is 11.5. The van der Waals surface area contributed by atoms with Crippen LogP contribution >= 0.6 is 0 Å². The van der Waals surface area contributed by atoms with Crippen molar-refractivity contribution in [3.05, 3.63) is 101 Å². The number of carbonyl (C=O) groups is 4. The monoisotopic (exact) mass is 686 g/mol. The Kier molecular flexibility index (Phi) is 8.83. The van der Waals surface area contributed by atoms with Gasteiger partial charge in [0.05, 0.1) is 40.9 Å². The first kappa shape index (κ1) is 34.2. The van der Waals surface area contributed by atoms with E-state index >= 15 is 0 Å². The van der Waals surface area contributed by atoms with Crippen LogP contribution in [0.2, 0.25) is 0 Å². The van der Waals surface area contributed by atoms with Crippen molar-refractivity contribution in [3.8, 4) is 5.75 Å². The lowest BCUT2D eigenvalue weighted by molar-refractivity contribution is -0.142. The highest BCUT2D eigenvalue weighted by Crippen LogP contribution is 2.63. The number of hydrogen-bond donors (Lipinski definition) is 1. The topological polar surface area (TPSA) is 129 Å². The van der Waals surface area contributed by atoms with E-state index in [9.17, 15) is 24.3 Å². The first-order valence-corrected chi connectivity index (χ1v) is 17.4. The number of rotatable bonds is 8. The summed E-state index contributed by atoms with van der Waals surface area (Å²) in [6.07, 6.45) is 2.73. The third kappa shape index (κ3) is 5.62. The molecule has 0 unspecified atom stereocenters. The molecule has 0 radical (unpaired) electrons. The largest absolute Gasteiger partial charge is 0.491 e. The Morgan fingerprint density at radius 3 is 2.08 bits per heavy atom. The summed E-state index contributed by atoms with van der Waals surface area (Å²) in [7, 11) is 3.94. The maximum Gasteiger partial charge on any atom is 0.238 e. The van der Waals surface area contributed by atoms with Gasteiger partial charge in [-0.25, -0.2) is 0 Å². The standard InChI is InChI=1S/C41H42N4O6/c1-23-24(2)38(48)41(3)34(37(23)47)22-33-31(36(41)25-6-16-30(17-7-25)51-21-20-46)18-19-32-35(33)40(50)45(39(32)49)29-14-10-27(11-15-29)43-42-26-8-12-28(13-9-26)44(4)5/h6-18,32-36,46H,19-22H2,1-5H3/t32-,33+,34-,35-,36-,41+/m0/s1. The molecule has 0 bridgehead atoms. The second-order valence-electron chi connectivity index (χ2n) is 14.4. The molecule has 1 N–H and O–H groups in total. The van der Waals surface area contributed by atoms with Crippen molar-refractivity contribution in [2.45, 2.75) is 39.5 Å². The van der Waals surface area contributed by atoms with E-state index in [2.05, 4.69) is 16.3 Å². The highest BCUT2D eigenvalue weighted by Gasteiger charge is 2.64. The van der Waals surface area contributed by atoms with Gasteiger partial charge in [-0.3, -0.25) is 24.1 Å². The molecule has 1 aliphatic heterocycles. The minimum Gasteiger partial charge on any atom is -0.491 e. The molecule has 4 aliphatic rings. The van der Waals surface area contributed by atoms with Crippen molar-refractivity contribution in [1.82, 2.24) is 0 Å². The number of ether oxygens (including phenoxy) is 1. The van der Waals surface area contributed by atoms with Crippen LogP contribution in [0.4, 0.5) is 22.7 Å². The van der Waals surface area contributed by atoms with Crippen LogP contribution in [0.3, 0.4) is 0 Å². The molecule has 6 atom stereocenters. The molecule has 3 aromatic rings. The van der Waals surface area contributed by atoms with E-state index in [0.717, 1.165) is 16.8 Å². The van der Waals surface area contributed by atoms with Crippen LogP contribution in [0.1, 0.15) is 45.1 Å². The molecule has 2 fully saturated rings. The minimum absolute atomic E-state index is 0.0602. The lowest BCUT2D eigenvalue weighted by atomic mass is 9.46. The summed E-state index contributed by atoms with van der Waals surface area (Å²) in [5.74, 6) is -2.85. The SMILES string of the molecule is CC1=C(C)C(=O)[C@@]2(C)[C@@H](c3ccc(OCCO)cc3)C3=CC[C@@H]4C(=O)N(c5ccc(N=Nc6ccc(N(C)C)cc6)cc5)C(=O)[C@@H]4[C@@H]3C[C@H]2C1=O. The smallest absolute Gasteiger partial charge is 0.238 e. The molecule has 2 amide bonds. The third-order valence-electron chi connectivity index (χ3n) is 11.5. The number of amides is 2. The van der Waals surface area contributed by atoms with Crippen LogP contribution in [-0.2, 0) is 19.2 Å². The van der Waals surface area contributed by atoms with E-state index in [-0.39, 0.29) is 36.6 Å². The number of Topliss-reactive ketones (excluding diaryl/α,β-unsaturated/α-hetero) is 2. The number of ketones is 2. The van der Waals surface area contributed by atoms with Gasteiger partial charge in [0.15, 0.2) is 11.6 Å². The molecule has 0 aromatic heterocycles. The summed E-state index contributed by atoms with van der Waals surface area (Å²) in [4.78, 5) is 60.0. The average molecular weight is 687 g/mol. The number of azo groups is 1. The number of hydrogen-bond acceptors (Lipinski definition) is 9. The first-order valence-electron chi connectivity index (χ1n) is 17.4. The van der Waals surface area contributed by atoms with Crippen LogP contribution in [0, 0.1) is 29.1 Å². The quantitative estimate of drug-likeness (QED) is 0.155. The molecule has 262 valence electrons. The fourth-order valence-corrected chi connectivity index (χ4v) is 8.74.